The number of H-pyrrole nitrogens is 2. The van der Waals surface area contributed by atoms with Crippen molar-refractivity contribution in [3.8, 4) is 28.4 Å². The third-order valence-electron chi connectivity index (χ3n) is 4.16. The molecule has 4 aromatic rings. The van der Waals surface area contributed by atoms with Gasteiger partial charge in [-0.05, 0) is 19.4 Å². The fourth-order valence-corrected chi connectivity index (χ4v) is 2.86. The molecule has 2 aromatic heterocycles. The van der Waals surface area contributed by atoms with Gasteiger partial charge in [0.2, 0.25) is 5.88 Å². The second-order valence-electron chi connectivity index (χ2n) is 5.90. The molecular weight excluding hydrogens is 286 g/mol. The molecule has 4 heteroatoms. The largest absolute Gasteiger partial charge is 0.493 e. The van der Waals surface area contributed by atoms with Crippen LogP contribution in [0.25, 0.3) is 33.4 Å². The number of hydrogen-bond acceptors (Lipinski definition) is 2. The zero-order chi connectivity index (χ0) is 16.0. The molecule has 4 rings (SSSR count). The number of aromatic amines is 2. The summed E-state index contributed by atoms with van der Waals surface area (Å²) in [6.45, 7) is 4.12. The summed E-state index contributed by atoms with van der Waals surface area (Å²) in [5.74, 6) is 0.112. The van der Waals surface area contributed by atoms with Gasteiger partial charge >= 0.3 is 0 Å². The maximum Gasteiger partial charge on any atom is 0.215 e. The maximum absolute atomic E-state index is 10.2. The van der Waals surface area contributed by atoms with E-state index in [4.69, 9.17) is 0 Å². The lowest BCUT2D eigenvalue weighted by Crippen LogP contribution is -1.84. The van der Waals surface area contributed by atoms with Crippen LogP contribution >= 0.6 is 0 Å². The van der Waals surface area contributed by atoms with Crippen molar-refractivity contribution in [2.45, 2.75) is 13.8 Å². The number of nitrogens with zero attached hydrogens (tertiary/aromatic N) is 1. The van der Waals surface area contributed by atoms with Crippen molar-refractivity contribution in [2.24, 2.45) is 0 Å². The molecule has 0 aliphatic carbocycles. The molecule has 0 fully saturated rings. The van der Waals surface area contributed by atoms with Crippen molar-refractivity contribution in [1.29, 1.82) is 0 Å². The predicted molar refractivity (Wildman–Crippen MR) is 92.5 cm³/mol. The first-order valence-electron chi connectivity index (χ1n) is 7.56. The molecule has 0 radical (unpaired) electrons. The molecule has 0 spiro atoms. The van der Waals surface area contributed by atoms with Gasteiger partial charge in [0.1, 0.15) is 11.2 Å². The Morgan fingerprint density at radius 1 is 0.826 bits per heavy atom. The van der Waals surface area contributed by atoms with Gasteiger partial charge in [0.25, 0.3) is 0 Å². The summed E-state index contributed by atoms with van der Waals surface area (Å²) >= 11 is 0. The van der Waals surface area contributed by atoms with Crippen LogP contribution < -0.4 is 0 Å². The van der Waals surface area contributed by atoms with E-state index in [1.165, 1.54) is 11.1 Å². The van der Waals surface area contributed by atoms with Crippen LogP contribution in [0.2, 0.25) is 0 Å². The van der Waals surface area contributed by atoms with Crippen molar-refractivity contribution in [3.63, 3.8) is 0 Å². The molecule has 0 aliphatic rings. The lowest BCUT2D eigenvalue weighted by molar-refractivity contribution is 0.461. The van der Waals surface area contributed by atoms with Crippen molar-refractivity contribution in [3.05, 3.63) is 59.7 Å². The van der Waals surface area contributed by atoms with Crippen LogP contribution in [-0.4, -0.2) is 20.3 Å². The number of aromatic hydroxyl groups is 1. The Morgan fingerprint density at radius 3 is 2.00 bits per heavy atom. The highest BCUT2D eigenvalue weighted by atomic mass is 16.3. The Labute approximate surface area is 133 Å². The van der Waals surface area contributed by atoms with E-state index in [2.05, 4.69) is 53.3 Å². The van der Waals surface area contributed by atoms with Crippen LogP contribution in [0.15, 0.2) is 48.5 Å². The predicted octanol–water partition coefficient (Wildman–Crippen LogP) is 4.55. The first-order valence-corrected chi connectivity index (χ1v) is 7.56. The number of hydrogen-bond donors (Lipinski definition) is 3. The van der Waals surface area contributed by atoms with Crippen LogP contribution in [0.3, 0.4) is 0 Å². The molecule has 23 heavy (non-hydrogen) atoms. The van der Waals surface area contributed by atoms with Gasteiger partial charge in [-0.1, -0.05) is 59.7 Å². The highest BCUT2D eigenvalue weighted by Crippen LogP contribution is 2.38. The highest BCUT2D eigenvalue weighted by Gasteiger charge is 2.19. The summed E-state index contributed by atoms with van der Waals surface area (Å²) in [6.07, 6.45) is 0. The third kappa shape index (κ3) is 2.19. The van der Waals surface area contributed by atoms with Gasteiger partial charge in [0, 0.05) is 5.56 Å². The molecule has 0 amide bonds. The summed E-state index contributed by atoms with van der Waals surface area (Å²) < 4.78 is 0. The minimum absolute atomic E-state index is 0.112. The highest BCUT2D eigenvalue weighted by molar-refractivity contribution is 6.05. The van der Waals surface area contributed by atoms with E-state index in [0.29, 0.717) is 5.52 Å². The van der Waals surface area contributed by atoms with Crippen LogP contribution in [0.1, 0.15) is 11.1 Å². The van der Waals surface area contributed by atoms with Crippen molar-refractivity contribution in [2.75, 3.05) is 0 Å². The second kappa shape index (κ2) is 5.02. The molecule has 0 aliphatic heterocycles. The standard InChI is InChI=1S/C19H17N3O/c1-11-3-7-13(8-4-11)16-15-17(14-9-5-12(2)6-10-14)21-22-18(15)19(23)20-16/h3-10,20,22-23H,1-2H3. The summed E-state index contributed by atoms with van der Waals surface area (Å²) in [5.41, 5.74) is 6.80. The Kier molecular flexibility index (Phi) is 2.98. The number of aromatic nitrogens is 3. The van der Waals surface area contributed by atoms with Gasteiger partial charge in [-0.15, -0.1) is 0 Å². The molecule has 3 N–H and O–H groups in total. The minimum Gasteiger partial charge on any atom is -0.493 e. The normalized spacial score (nSPS) is 11.2. The van der Waals surface area contributed by atoms with E-state index in [1.807, 2.05) is 24.3 Å². The molecule has 0 bridgehead atoms. The zero-order valence-electron chi connectivity index (χ0n) is 13.0. The van der Waals surface area contributed by atoms with E-state index < -0.39 is 0 Å². The van der Waals surface area contributed by atoms with Gasteiger partial charge in [-0.25, -0.2) is 0 Å². The Bertz CT molecular complexity index is 976. The molecule has 0 unspecified atom stereocenters. The lowest BCUT2D eigenvalue weighted by Gasteiger charge is -2.03. The SMILES string of the molecule is Cc1ccc(-c2n[nH]c3c(O)[nH]c(-c4ccc(C)cc4)c23)cc1. The fourth-order valence-electron chi connectivity index (χ4n) is 2.86. The van der Waals surface area contributed by atoms with Crippen LogP contribution in [0.5, 0.6) is 5.88 Å². The van der Waals surface area contributed by atoms with Crippen LogP contribution in [0.4, 0.5) is 0 Å². The van der Waals surface area contributed by atoms with E-state index >= 15 is 0 Å². The van der Waals surface area contributed by atoms with Gasteiger partial charge in [-0.3, -0.25) is 5.10 Å². The van der Waals surface area contributed by atoms with Crippen molar-refractivity contribution in [1.82, 2.24) is 15.2 Å². The molecule has 0 saturated carbocycles. The summed E-state index contributed by atoms with van der Waals surface area (Å²) in [5, 5.41) is 18.5. The molecule has 2 heterocycles. The number of fused-ring (bicyclic) bond motifs is 1. The Morgan fingerprint density at radius 2 is 1.39 bits per heavy atom. The van der Waals surface area contributed by atoms with E-state index in [0.717, 1.165) is 27.9 Å². The zero-order valence-corrected chi connectivity index (χ0v) is 13.0. The quantitative estimate of drug-likeness (QED) is 0.508. The average Bonchev–Trinajstić information content (AvgIpc) is 3.11. The molecule has 0 atom stereocenters. The second-order valence-corrected chi connectivity index (χ2v) is 5.90. The molecule has 4 nitrogen and oxygen atoms in total. The first kappa shape index (κ1) is 13.6. The summed E-state index contributed by atoms with van der Waals surface area (Å²) in [6, 6.07) is 16.4. The van der Waals surface area contributed by atoms with Crippen LogP contribution in [0, 0.1) is 13.8 Å². The fraction of sp³-hybridized carbons (Fsp3) is 0.105. The smallest absolute Gasteiger partial charge is 0.215 e. The maximum atomic E-state index is 10.2. The number of benzene rings is 2. The average molecular weight is 303 g/mol. The molecule has 114 valence electrons. The molecular formula is C19H17N3O. The van der Waals surface area contributed by atoms with E-state index in [1.54, 1.807) is 0 Å². The van der Waals surface area contributed by atoms with Crippen molar-refractivity contribution >= 4 is 10.9 Å². The summed E-state index contributed by atoms with van der Waals surface area (Å²) in [4.78, 5) is 3.07. The van der Waals surface area contributed by atoms with E-state index in [-0.39, 0.29) is 5.88 Å². The van der Waals surface area contributed by atoms with Gasteiger partial charge in [0.05, 0.1) is 11.1 Å². The van der Waals surface area contributed by atoms with Gasteiger partial charge in [0.15, 0.2) is 0 Å². The monoisotopic (exact) mass is 303 g/mol. The molecule has 0 saturated heterocycles. The Balaban J connectivity index is 1.97. The number of rotatable bonds is 2. The third-order valence-corrected chi connectivity index (χ3v) is 4.16. The Hall–Kier alpha value is -3.01. The summed E-state index contributed by atoms with van der Waals surface area (Å²) in [7, 11) is 0. The molecule has 2 aromatic carbocycles. The topological polar surface area (TPSA) is 64.7 Å². The van der Waals surface area contributed by atoms with Gasteiger partial charge in [-0.2, -0.15) is 5.10 Å². The first-order chi connectivity index (χ1) is 11.1. The van der Waals surface area contributed by atoms with Gasteiger partial charge < -0.3 is 10.1 Å². The minimum atomic E-state index is 0.112. The van der Waals surface area contributed by atoms with Crippen molar-refractivity contribution < 1.29 is 5.11 Å². The number of aryl methyl sites for hydroxylation is 2. The lowest BCUT2D eigenvalue weighted by atomic mass is 10.0. The number of nitrogens with one attached hydrogen (secondary N) is 2. The van der Waals surface area contributed by atoms with Crippen LogP contribution in [-0.2, 0) is 0 Å². The van der Waals surface area contributed by atoms with E-state index in [9.17, 15) is 5.11 Å².